The number of piperidine rings is 3. The Morgan fingerprint density at radius 1 is 0.527 bits per heavy atom. The van der Waals surface area contributed by atoms with E-state index >= 15 is 0 Å². The molecule has 6 aromatic rings. The molecule has 3 aliphatic rings. The summed E-state index contributed by atoms with van der Waals surface area (Å²) in [6, 6.07) is 12.8. The first-order chi connectivity index (χ1) is 34.9. The predicted molar refractivity (Wildman–Crippen MR) is 290 cm³/mol. The van der Waals surface area contributed by atoms with Gasteiger partial charge in [0.2, 0.25) is 30.1 Å². The molecule has 3 aromatic heterocycles. The molecule has 6 heterocycles. The summed E-state index contributed by atoms with van der Waals surface area (Å²) in [5.41, 5.74) is 21.7. The minimum Gasteiger partial charge on any atom is -0.480 e. The van der Waals surface area contributed by atoms with Crippen molar-refractivity contribution in [3.63, 3.8) is 0 Å². The molecule has 0 bridgehead atoms. The molecule has 3 atom stereocenters. The number of nitrogens with zero attached hydrogens (tertiary/aromatic N) is 8. The second-order valence-corrected chi connectivity index (χ2v) is 25.1. The maximum Gasteiger partial charge on any atom is 0.322 e. The molecule has 3 saturated heterocycles. The summed E-state index contributed by atoms with van der Waals surface area (Å²) in [6.07, 6.45) is 11.4. The summed E-state index contributed by atoms with van der Waals surface area (Å²) >= 11 is 24.5. The van der Waals surface area contributed by atoms with Crippen molar-refractivity contribution in [3.05, 3.63) is 93.4 Å². The van der Waals surface area contributed by atoms with Crippen LogP contribution in [0.2, 0.25) is 20.2 Å². The molecule has 74 heavy (non-hydrogen) atoms. The molecule has 0 amide bonds. The van der Waals surface area contributed by atoms with E-state index in [1.54, 1.807) is 38.9 Å². The van der Waals surface area contributed by atoms with Gasteiger partial charge in [0, 0.05) is 82.6 Å². The standard InChI is InChI=1S/C16H18ClN5O4S.C16H20ClN5O2S.C15H16Cl2N2O2S/c17-12-8-20-14(21-16(18)19)11-7-9(4-5-10(11)12)27(25,26)22-6-2-1-3-13(22)15(23)24;1-10-4-2-3-7-22(10)25(23,24)11-5-6-12-13(8-11)15(21-16(18)19)20-9-14(12)17;1-10-4-2-3-7-19(10)22(20,21)11-5-6-12-13(8-11)15(17)18-9-14(12)16/h4-5,7-8,13H,1-3,6H2,(H,23,24)(H4,18,19,20,21);5-6,8-10H,2-4,7H2,1H3,(H4,18,19,20,21);5-6,8-10H,2-4,7H2,1H3/t13-;2*10-/m100/s1. The maximum atomic E-state index is 13.1. The third kappa shape index (κ3) is 12.2. The average Bonchev–Trinajstić information content (AvgIpc) is 3.37. The van der Waals surface area contributed by atoms with E-state index in [0.717, 1.165) is 42.8 Å². The van der Waals surface area contributed by atoms with Gasteiger partial charge < -0.3 is 28.0 Å². The Bertz CT molecular complexity index is 3530. The number of pyridine rings is 3. The van der Waals surface area contributed by atoms with Crippen LogP contribution in [0.5, 0.6) is 0 Å². The van der Waals surface area contributed by atoms with E-state index < -0.39 is 42.1 Å². The minimum absolute atomic E-state index is 0.0161. The van der Waals surface area contributed by atoms with Crippen molar-refractivity contribution in [2.45, 2.75) is 104 Å². The molecular weight excluding hydrogens is 1100 g/mol. The Morgan fingerprint density at radius 3 is 1.27 bits per heavy atom. The van der Waals surface area contributed by atoms with Crippen LogP contribution in [0.4, 0.5) is 11.6 Å². The summed E-state index contributed by atoms with van der Waals surface area (Å²) in [4.78, 5) is 31.9. The van der Waals surface area contributed by atoms with Gasteiger partial charge in [0.1, 0.15) is 11.2 Å². The lowest BCUT2D eigenvalue weighted by molar-refractivity contribution is -0.142. The fourth-order valence-electron chi connectivity index (χ4n) is 9.11. The topological polar surface area (TPSA) is 317 Å². The van der Waals surface area contributed by atoms with Gasteiger partial charge in [0.25, 0.3) is 0 Å². The predicted octanol–water partition coefficient (Wildman–Crippen LogP) is 7.88. The number of aliphatic imine (C=N–C) groups is 2. The first-order valence-corrected chi connectivity index (χ1v) is 29.1. The molecule has 3 fully saturated rings. The summed E-state index contributed by atoms with van der Waals surface area (Å²) in [5, 5.41) is 14.1. The number of aromatic nitrogens is 3. The number of carboxylic acid groups (broad SMARTS) is 1. The number of benzene rings is 3. The lowest BCUT2D eigenvalue weighted by Crippen LogP contribution is -2.47. The second kappa shape index (κ2) is 23.4. The van der Waals surface area contributed by atoms with Crippen LogP contribution in [0, 0.1) is 0 Å². The van der Waals surface area contributed by atoms with E-state index in [2.05, 4.69) is 24.9 Å². The number of nitrogens with two attached hydrogens (primary N) is 4. The van der Waals surface area contributed by atoms with Crippen LogP contribution in [-0.2, 0) is 34.9 Å². The molecule has 20 nitrogen and oxygen atoms in total. The molecule has 3 aromatic carbocycles. The number of halogens is 4. The number of sulfonamides is 3. The van der Waals surface area contributed by atoms with Crippen LogP contribution in [-0.4, -0.2) is 114 Å². The van der Waals surface area contributed by atoms with Gasteiger partial charge in [0.15, 0.2) is 23.6 Å². The van der Waals surface area contributed by atoms with Gasteiger partial charge >= 0.3 is 5.97 Å². The van der Waals surface area contributed by atoms with Crippen molar-refractivity contribution in [2.75, 3.05) is 19.6 Å². The van der Waals surface area contributed by atoms with Crippen molar-refractivity contribution < 1.29 is 35.2 Å². The molecule has 0 radical (unpaired) electrons. The van der Waals surface area contributed by atoms with Crippen molar-refractivity contribution in [3.8, 4) is 0 Å². The fraction of sp³-hybridized carbons (Fsp3) is 0.362. The Morgan fingerprint density at radius 2 is 0.878 bits per heavy atom. The van der Waals surface area contributed by atoms with E-state index in [4.69, 9.17) is 69.3 Å². The lowest BCUT2D eigenvalue weighted by atomic mass is 10.1. The van der Waals surface area contributed by atoms with Crippen LogP contribution in [0.3, 0.4) is 0 Å². The van der Waals surface area contributed by atoms with Gasteiger partial charge in [-0.3, -0.25) is 4.79 Å². The molecule has 396 valence electrons. The van der Waals surface area contributed by atoms with E-state index in [9.17, 15) is 35.2 Å². The van der Waals surface area contributed by atoms with Crippen LogP contribution < -0.4 is 22.9 Å². The smallest absolute Gasteiger partial charge is 0.322 e. The number of guanidine groups is 2. The van der Waals surface area contributed by atoms with Gasteiger partial charge in [-0.25, -0.2) is 40.2 Å². The van der Waals surface area contributed by atoms with E-state index in [1.165, 1.54) is 42.9 Å². The molecule has 0 unspecified atom stereocenters. The van der Waals surface area contributed by atoms with Crippen LogP contribution in [0.25, 0.3) is 32.3 Å². The molecule has 0 aliphatic carbocycles. The average molecular weight is 1150 g/mol. The fourth-order valence-corrected chi connectivity index (χ4v) is 15.1. The van der Waals surface area contributed by atoms with Crippen molar-refractivity contribution in [1.82, 2.24) is 27.9 Å². The van der Waals surface area contributed by atoms with Crippen molar-refractivity contribution >= 4 is 138 Å². The summed E-state index contributed by atoms with van der Waals surface area (Å²) < 4.78 is 82.2. The molecule has 27 heteroatoms. The highest BCUT2D eigenvalue weighted by molar-refractivity contribution is 7.89. The van der Waals surface area contributed by atoms with E-state index in [0.29, 0.717) is 73.3 Å². The van der Waals surface area contributed by atoms with E-state index in [-0.39, 0.29) is 68.4 Å². The number of rotatable bonds is 9. The zero-order valence-electron chi connectivity index (χ0n) is 40.1. The normalized spacial score (nSPS) is 19.2. The van der Waals surface area contributed by atoms with E-state index in [1.807, 2.05) is 13.8 Å². The first-order valence-electron chi connectivity index (χ1n) is 23.3. The Labute approximate surface area is 448 Å². The quantitative estimate of drug-likeness (QED) is 0.0522. The highest BCUT2D eigenvalue weighted by Crippen LogP contribution is 2.37. The third-order valence-electron chi connectivity index (χ3n) is 12.9. The molecule has 3 aliphatic heterocycles. The third-order valence-corrected chi connectivity index (χ3v) is 20.0. The number of hydrogen-bond donors (Lipinski definition) is 5. The van der Waals surface area contributed by atoms with Gasteiger partial charge in [-0.05, 0) is 95.2 Å². The number of fused-ring (bicyclic) bond motifs is 3. The zero-order chi connectivity index (χ0) is 53.9. The molecule has 9 rings (SSSR count). The number of carbonyl (C=O) groups is 1. The van der Waals surface area contributed by atoms with Crippen molar-refractivity contribution in [2.24, 2.45) is 32.9 Å². The monoisotopic (exact) mass is 1150 g/mol. The number of hydrogen-bond acceptors (Lipinski definition) is 12. The molecule has 9 N–H and O–H groups in total. The Kier molecular flexibility index (Phi) is 17.8. The van der Waals surface area contributed by atoms with Gasteiger partial charge in [-0.1, -0.05) is 77.4 Å². The summed E-state index contributed by atoms with van der Waals surface area (Å²) in [7, 11) is -11.2. The minimum atomic E-state index is -4.04. The maximum absolute atomic E-state index is 13.1. The summed E-state index contributed by atoms with van der Waals surface area (Å²) in [5.74, 6) is -1.19. The van der Waals surface area contributed by atoms with Crippen LogP contribution >= 0.6 is 46.4 Å². The van der Waals surface area contributed by atoms with Crippen LogP contribution in [0.1, 0.15) is 71.6 Å². The highest BCUT2D eigenvalue weighted by Gasteiger charge is 2.38. The van der Waals surface area contributed by atoms with Gasteiger partial charge in [-0.2, -0.15) is 22.9 Å². The highest BCUT2D eigenvalue weighted by atomic mass is 35.5. The van der Waals surface area contributed by atoms with Crippen molar-refractivity contribution in [1.29, 1.82) is 0 Å². The van der Waals surface area contributed by atoms with Crippen LogP contribution in [0.15, 0.2) is 97.9 Å². The Balaban J connectivity index is 0.000000163. The second-order valence-electron chi connectivity index (χ2n) is 17.8. The first kappa shape index (κ1) is 56.5. The van der Waals surface area contributed by atoms with Gasteiger partial charge in [0.05, 0.1) is 29.8 Å². The zero-order valence-corrected chi connectivity index (χ0v) is 45.5. The lowest BCUT2D eigenvalue weighted by Gasteiger charge is -2.32. The number of carboxylic acids is 1. The largest absolute Gasteiger partial charge is 0.480 e. The molecule has 0 spiro atoms. The summed E-state index contributed by atoms with van der Waals surface area (Å²) in [6.45, 7) is 5.11. The van der Waals surface area contributed by atoms with Gasteiger partial charge in [-0.15, -0.1) is 0 Å². The molecule has 0 saturated carbocycles. The Hall–Kier alpha value is -5.21. The molecular formula is C47H54Cl4N12O8S3. The number of aliphatic carboxylic acids is 1. The SMILES string of the molecule is C[C@H]1CCCCN1S(=O)(=O)c1ccc2c(Cl)cnc(Cl)c2c1.C[C@H]1CCCCN1S(=O)(=O)c1ccc2c(Cl)cnc(N=C(N)N)c2c1.NC(N)=Nc1ncc(Cl)c2ccc(S(=O)(=O)N3CCCC[C@@H]3C(=O)O)cc12.